The number of benzene rings is 3. The average molecular weight is 508 g/mol. The van der Waals surface area contributed by atoms with E-state index in [0.29, 0.717) is 34.6 Å². The second-order valence-corrected chi connectivity index (χ2v) is 9.39. The van der Waals surface area contributed by atoms with Crippen molar-refractivity contribution in [3.63, 3.8) is 0 Å². The summed E-state index contributed by atoms with van der Waals surface area (Å²) in [5.74, 6) is 3.26. The maximum Gasteiger partial charge on any atom is 0.153 e. The molecule has 0 bridgehead atoms. The SMILES string of the molecule is CCCCC1CCc2c(cc(F)c(-c3ccc(C#Cc4cc(F)c(N=C=S)c(F)c4)c(C)c3)c2F)C1. The van der Waals surface area contributed by atoms with Crippen LogP contribution in [0.3, 0.4) is 0 Å². The van der Waals surface area contributed by atoms with Gasteiger partial charge in [0.2, 0.25) is 0 Å². The van der Waals surface area contributed by atoms with Gasteiger partial charge in [-0.15, -0.1) is 0 Å². The first kappa shape index (κ1) is 25.8. The fourth-order valence-corrected chi connectivity index (χ4v) is 4.91. The molecule has 0 heterocycles. The summed E-state index contributed by atoms with van der Waals surface area (Å²) in [6, 6.07) is 8.59. The van der Waals surface area contributed by atoms with Crippen LogP contribution in [0.5, 0.6) is 0 Å². The zero-order chi connectivity index (χ0) is 25.8. The Kier molecular flexibility index (Phi) is 8.04. The van der Waals surface area contributed by atoms with Crippen molar-refractivity contribution < 1.29 is 17.6 Å². The van der Waals surface area contributed by atoms with Crippen LogP contribution in [0.25, 0.3) is 11.1 Å². The predicted octanol–water partition coefficient (Wildman–Crippen LogP) is 8.65. The molecule has 0 N–H and O–H groups in total. The van der Waals surface area contributed by atoms with Crippen molar-refractivity contribution in [3.8, 4) is 23.0 Å². The lowest BCUT2D eigenvalue weighted by Gasteiger charge is -2.26. The summed E-state index contributed by atoms with van der Waals surface area (Å²) < 4.78 is 58.7. The van der Waals surface area contributed by atoms with Crippen molar-refractivity contribution in [2.75, 3.05) is 0 Å². The molecule has 1 aliphatic rings. The third kappa shape index (κ3) is 5.43. The maximum absolute atomic E-state index is 15.5. The molecule has 0 aromatic heterocycles. The topological polar surface area (TPSA) is 12.4 Å². The molecule has 0 radical (unpaired) electrons. The number of halogens is 4. The summed E-state index contributed by atoms with van der Waals surface area (Å²) >= 11 is 4.40. The van der Waals surface area contributed by atoms with E-state index in [2.05, 4.69) is 36.0 Å². The summed E-state index contributed by atoms with van der Waals surface area (Å²) in [6.45, 7) is 3.93. The molecule has 1 aliphatic carbocycles. The number of isothiocyanates is 1. The van der Waals surface area contributed by atoms with Crippen LogP contribution < -0.4 is 0 Å². The third-order valence-electron chi connectivity index (χ3n) is 6.72. The van der Waals surface area contributed by atoms with Gasteiger partial charge in [0.1, 0.15) is 17.3 Å². The van der Waals surface area contributed by atoms with Crippen LogP contribution in [0.15, 0.2) is 41.4 Å². The molecule has 0 saturated carbocycles. The first-order valence-electron chi connectivity index (χ1n) is 12.0. The van der Waals surface area contributed by atoms with Crippen LogP contribution in [0.2, 0.25) is 0 Å². The van der Waals surface area contributed by atoms with E-state index in [9.17, 15) is 8.78 Å². The molecule has 1 unspecified atom stereocenters. The van der Waals surface area contributed by atoms with Crippen LogP contribution in [0.4, 0.5) is 23.2 Å². The first-order valence-corrected chi connectivity index (χ1v) is 12.4. The second-order valence-electron chi connectivity index (χ2n) is 9.21. The number of hydrogen-bond acceptors (Lipinski definition) is 2. The van der Waals surface area contributed by atoms with Gasteiger partial charge < -0.3 is 0 Å². The fraction of sp³-hybridized carbons (Fsp3) is 0.300. The largest absolute Gasteiger partial charge is 0.206 e. The highest BCUT2D eigenvalue weighted by Gasteiger charge is 2.25. The first-order chi connectivity index (χ1) is 17.3. The molecule has 0 saturated heterocycles. The Morgan fingerprint density at radius 3 is 2.42 bits per heavy atom. The van der Waals surface area contributed by atoms with Crippen molar-refractivity contribution in [2.45, 2.75) is 52.4 Å². The van der Waals surface area contributed by atoms with Gasteiger partial charge in [-0.05, 0) is 96.9 Å². The van der Waals surface area contributed by atoms with Gasteiger partial charge >= 0.3 is 0 Å². The van der Waals surface area contributed by atoms with Gasteiger partial charge in [-0.25, -0.2) is 17.6 Å². The van der Waals surface area contributed by atoms with E-state index >= 15 is 8.78 Å². The van der Waals surface area contributed by atoms with Crippen molar-refractivity contribution in [1.82, 2.24) is 0 Å². The number of nitrogens with zero attached hydrogens (tertiary/aromatic N) is 1. The van der Waals surface area contributed by atoms with Crippen LogP contribution in [0.1, 0.15) is 60.4 Å². The highest BCUT2D eigenvalue weighted by atomic mass is 32.1. The molecular weight excluding hydrogens is 482 g/mol. The lowest BCUT2D eigenvalue weighted by atomic mass is 9.80. The highest BCUT2D eigenvalue weighted by Crippen LogP contribution is 2.37. The van der Waals surface area contributed by atoms with Gasteiger partial charge in [-0.1, -0.05) is 44.1 Å². The quantitative estimate of drug-likeness (QED) is 0.146. The van der Waals surface area contributed by atoms with E-state index in [0.717, 1.165) is 49.8 Å². The highest BCUT2D eigenvalue weighted by molar-refractivity contribution is 7.78. The molecule has 6 heteroatoms. The normalized spacial score (nSPS) is 14.4. The third-order valence-corrected chi connectivity index (χ3v) is 6.81. The summed E-state index contributed by atoms with van der Waals surface area (Å²) in [4.78, 5) is 3.38. The molecule has 4 rings (SSSR count). The molecule has 36 heavy (non-hydrogen) atoms. The Hall–Kier alpha value is -3.26. The van der Waals surface area contributed by atoms with E-state index in [4.69, 9.17) is 0 Å². The molecule has 0 spiro atoms. The van der Waals surface area contributed by atoms with E-state index in [-0.39, 0.29) is 11.1 Å². The van der Waals surface area contributed by atoms with Crippen molar-refractivity contribution in [1.29, 1.82) is 0 Å². The van der Waals surface area contributed by atoms with E-state index in [1.807, 2.05) is 5.16 Å². The van der Waals surface area contributed by atoms with Crippen LogP contribution >= 0.6 is 12.2 Å². The van der Waals surface area contributed by atoms with E-state index in [1.165, 1.54) is 6.07 Å². The average Bonchev–Trinajstić information content (AvgIpc) is 2.84. The lowest BCUT2D eigenvalue weighted by molar-refractivity contribution is 0.403. The van der Waals surface area contributed by atoms with Gasteiger partial charge in [-0.2, -0.15) is 4.99 Å². The number of rotatable bonds is 5. The second kappa shape index (κ2) is 11.2. The number of thiocarbonyl (C=S) groups is 1. The number of hydrogen-bond donors (Lipinski definition) is 0. The Morgan fingerprint density at radius 1 is 1.00 bits per heavy atom. The number of aryl methyl sites for hydroxylation is 1. The summed E-state index contributed by atoms with van der Waals surface area (Å²) in [5.41, 5.74) is 2.69. The minimum Gasteiger partial charge on any atom is -0.206 e. The zero-order valence-corrected chi connectivity index (χ0v) is 21.0. The van der Waals surface area contributed by atoms with Crippen molar-refractivity contribution in [3.05, 3.63) is 87.5 Å². The zero-order valence-electron chi connectivity index (χ0n) is 20.2. The molecule has 0 fully saturated rings. The lowest BCUT2D eigenvalue weighted by Crippen LogP contribution is -2.17. The molecule has 1 nitrogen and oxygen atoms in total. The van der Waals surface area contributed by atoms with Gasteiger partial charge in [-0.3, -0.25) is 0 Å². The summed E-state index contributed by atoms with van der Waals surface area (Å²) in [7, 11) is 0. The van der Waals surface area contributed by atoms with Gasteiger partial charge in [0.25, 0.3) is 0 Å². The Bertz CT molecular complexity index is 1400. The molecule has 184 valence electrons. The molecule has 3 aromatic carbocycles. The maximum atomic E-state index is 15.5. The molecular formula is C30H25F4NS. The number of fused-ring (bicyclic) bond motifs is 1. The standard InChI is InChI=1S/C30H25F4NS/c1-3-4-5-19-7-11-24-23(13-19)16-25(31)28(29(24)34)22-10-9-21(18(2)12-22)8-6-20-14-26(32)30(35-17-36)27(33)15-20/h9-10,12,14-16,19H,3-5,7,11,13H2,1-2H3. The Balaban J connectivity index is 1.62. The molecule has 1 atom stereocenters. The molecule has 3 aromatic rings. The fourth-order valence-electron chi connectivity index (χ4n) is 4.82. The minimum absolute atomic E-state index is 0.0257. The minimum atomic E-state index is -0.890. The van der Waals surface area contributed by atoms with Crippen molar-refractivity contribution in [2.24, 2.45) is 10.9 Å². The molecule has 0 amide bonds. The van der Waals surface area contributed by atoms with E-state index in [1.54, 1.807) is 25.1 Å². The van der Waals surface area contributed by atoms with Gasteiger partial charge in [0.15, 0.2) is 11.6 Å². The van der Waals surface area contributed by atoms with Crippen LogP contribution in [-0.2, 0) is 12.8 Å². The number of aliphatic imine (C=N–C) groups is 1. The van der Waals surface area contributed by atoms with Gasteiger partial charge in [0.05, 0.1) is 10.7 Å². The summed E-state index contributed by atoms with van der Waals surface area (Å²) in [5, 5.41) is 1.94. The summed E-state index contributed by atoms with van der Waals surface area (Å²) in [6.07, 6.45) is 5.60. The Morgan fingerprint density at radius 2 is 1.75 bits per heavy atom. The smallest absolute Gasteiger partial charge is 0.153 e. The molecule has 0 aliphatic heterocycles. The van der Waals surface area contributed by atoms with Crippen molar-refractivity contribution >= 4 is 23.1 Å². The predicted molar refractivity (Wildman–Crippen MR) is 139 cm³/mol. The van der Waals surface area contributed by atoms with Crippen LogP contribution in [0, 0.1) is 48.0 Å². The van der Waals surface area contributed by atoms with Gasteiger partial charge in [0, 0.05) is 11.1 Å². The monoisotopic (exact) mass is 507 g/mol. The van der Waals surface area contributed by atoms with Crippen LogP contribution in [-0.4, -0.2) is 5.16 Å². The Labute approximate surface area is 214 Å². The van der Waals surface area contributed by atoms with E-state index < -0.39 is 29.0 Å². The number of unbranched alkanes of at least 4 members (excludes halogenated alkanes) is 1.